The van der Waals surface area contributed by atoms with Crippen molar-refractivity contribution >= 4 is 11.9 Å². The Balaban J connectivity index is 4.39. The molecule has 0 amide bonds. The highest BCUT2D eigenvalue weighted by Crippen LogP contribution is 2.15. The number of esters is 2. The molecule has 5 nitrogen and oxygen atoms in total. The first-order valence-corrected chi connectivity index (χ1v) is 26.8. The topological polar surface area (TPSA) is 61.8 Å². The molecule has 5 heteroatoms. The predicted octanol–water partition coefficient (Wildman–Crippen LogP) is 18.2. The third kappa shape index (κ3) is 51.5. The lowest BCUT2D eigenvalue weighted by molar-refractivity contribution is -0.163. The summed E-state index contributed by atoms with van der Waals surface area (Å²) in [6.45, 7) is 7.54. The minimum atomic E-state index is -0.571. The second-order valence-corrected chi connectivity index (χ2v) is 17.4. The molecule has 0 rings (SSSR count). The molecule has 0 aromatic carbocycles. The molecule has 0 heterocycles. The summed E-state index contributed by atoms with van der Waals surface area (Å²) in [4.78, 5) is 25.4. The molecule has 0 aromatic heterocycles. The number of allylic oxidation sites excluding steroid dienone is 16. The Hall–Kier alpha value is -3.18. The lowest BCUT2D eigenvalue weighted by atomic mass is 10.0. The van der Waals surface area contributed by atoms with E-state index in [0.29, 0.717) is 19.4 Å². The van der Waals surface area contributed by atoms with Gasteiger partial charge in [-0.1, -0.05) is 234 Å². The number of ether oxygens (including phenoxy) is 3. The molecule has 366 valence electrons. The van der Waals surface area contributed by atoms with Crippen LogP contribution in [0, 0.1) is 0 Å². The molecule has 0 aliphatic heterocycles. The highest BCUT2D eigenvalue weighted by molar-refractivity contribution is 5.70. The Labute approximate surface area is 396 Å². The van der Waals surface area contributed by atoms with Gasteiger partial charge >= 0.3 is 11.9 Å². The van der Waals surface area contributed by atoms with E-state index in [-0.39, 0.29) is 25.2 Å². The Bertz CT molecular complexity index is 1230. The molecule has 0 spiro atoms. The van der Waals surface area contributed by atoms with Crippen LogP contribution in [0.15, 0.2) is 97.2 Å². The van der Waals surface area contributed by atoms with Crippen molar-refractivity contribution in [2.45, 2.75) is 245 Å². The molecule has 0 fully saturated rings. The Kier molecular flexibility index (Phi) is 51.5. The van der Waals surface area contributed by atoms with Gasteiger partial charge in [-0.3, -0.25) is 9.59 Å². The summed E-state index contributed by atoms with van der Waals surface area (Å²) in [5.41, 5.74) is 0. The van der Waals surface area contributed by atoms with E-state index in [1.54, 1.807) is 0 Å². The molecule has 0 saturated heterocycles. The Morgan fingerprint density at radius 3 is 1.17 bits per heavy atom. The van der Waals surface area contributed by atoms with Crippen molar-refractivity contribution < 1.29 is 23.8 Å². The van der Waals surface area contributed by atoms with Crippen molar-refractivity contribution in [3.63, 3.8) is 0 Å². The van der Waals surface area contributed by atoms with Crippen LogP contribution in [0.3, 0.4) is 0 Å². The standard InChI is InChI=1S/C59H100O5/c1-4-7-10-13-16-19-22-25-28-30-32-34-37-40-43-46-49-52-58(60)63-56-57(55-62-54-51-48-45-42-39-36-33-29-26-23-20-17-14-11-8-5-2)64-59(61)53-50-47-44-41-38-35-31-27-24-21-18-15-12-9-6-3/h7,9-10,12,16,18-19,21,25,27-28,31-32,34,40,43,57H,4-6,8,11,13-15,17,20,22-24,26,29-30,33,35-39,41-42,44-56H2,1-3H3/b10-7-,12-9-,19-16-,21-18-,28-25-,31-27-,34-32-,43-40-. The molecule has 1 atom stereocenters. The second-order valence-electron chi connectivity index (χ2n) is 17.4. The molecule has 0 aliphatic rings. The number of carbonyl (C=O) groups is 2. The van der Waals surface area contributed by atoms with Gasteiger partial charge in [-0.25, -0.2) is 0 Å². The van der Waals surface area contributed by atoms with Gasteiger partial charge in [-0.2, -0.15) is 0 Å². The van der Waals surface area contributed by atoms with Gasteiger partial charge in [0, 0.05) is 19.4 Å². The van der Waals surface area contributed by atoms with E-state index < -0.39 is 6.10 Å². The van der Waals surface area contributed by atoms with Crippen molar-refractivity contribution in [1.82, 2.24) is 0 Å². The molecule has 0 N–H and O–H groups in total. The summed E-state index contributed by atoms with van der Waals surface area (Å²) in [6, 6.07) is 0. The molecule has 64 heavy (non-hydrogen) atoms. The first kappa shape index (κ1) is 60.8. The van der Waals surface area contributed by atoms with E-state index in [0.717, 1.165) is 103 Å². The summed E-state index contributed by atoms with van der Waals surface area (Å²) in [7, 11) is 0. The fourth-order valence-corrected chi connectivity index (χ4v) is 7.21. The number of unbranched alkanes of at least 4 members (excludes halogenated alkanes) is 21. The number of hydrogen-bond donors (Lipinski definition) is 0. The van der Waals surface area contributed by atoms with Gasteiger partial charge in [-0.15, -0.1) is 0 Å². The first-order chi connectivity index (χ1) is 31.6. The van der Waals surface area contributed by atoms with Gasteiger partial charge in [0.1, 0.15) is 6.61 Å². The van der Waals surface area contributed by atoms with Crippen LogP contribution in [0.5, 0.6) is 0 Å². The molecule has 0 saturated carbocycles. The lowest BCUT2D eigenvalue weighted by Crippen LogP contribution is -2.30. The van der Waals surface area contributed by atoms with Crippen molar-refractivity contribution in [3.05, 3.63) is 97.2 Å². The predicted molar refractivity (Wildman–Crippen MR) is 279 cm³/mol. The van der Waals surface area contributed by atoms with Gasteiger partial charge in [-0.05, 0) is 89.9 Å². The van der Waals surface area contributed by atoms with Gasteiger partial charge in [0.05, 0.1) is 6.61 Å². The van der Waals surface area contributed by atoms with Crippen molar-refractivity contribution in [1.29, 1.82) is 0 Å². The van der Waals surface area contributed by atoms with Gasteiger partial charge in [0.25, 0.3) is 0 Å². The lowest BCUT2D eigenvalue weighted by Gasteiger charge is -2.18. The smallest absolute Gasteiger partial charge is 0.306 e. The van der Waals surface area contributed by atoms with Gasteiger partial charge < -0.3 is 14.2 Å². The van der Waals surface area contributed by atoms with E-state index in [2.05, 4.69) is 118 Å². The van der Waals surface area contributed by atoms with E-state index >= 15 is 0 Å². The largest absolute Gasteiger partial charge is 0.462 e. The maximum Gasteiger partial charge on any atom is 0.306 e. The quantitative estimate of drug-likeness (QED) is 0.0346. The molecule has 0 aliphatic carbocycles. The minimum absolute atomic E-state index is 0.0460. The summed E-state index contributed by atoms with van der Waals surface area (Å²) in [5, 5.41) is 0. The van der Waals surface area contributed by atoms with E-state index in [4.69, 9.17) is 14.2 Å². The fraction of sp³-hybridized carbons (Fsp3) is 0.695. The first-order valence-electron chi connectivity index (χ1n) is 26.8. The Morgan fingerprint density at radius 1 is 0.359 bits per heavy atom. The monoisotopic (exact) mass is 889 g/mol. The third-order valence-corrected chi connectivity index (χ3v) is 11.1. The van der Waals surface area contributed by atoms with Crippen molar-refractivity contribution in [2.75, 3.05) is 19.8 Å². The second kappa shape index (κ2) is 54.2. The zero-order valence-electron chi connectivity index (χ0n) is 42.0. The number of rotatable bonds is 48. The van der Waals surface area contributed by atoms with Crippen LogP contribution in [0.1, 0.15) is 239 Å². The van der Waals surface area contributed by atoms with Crippen LogP contribution in [0.4, 0.5) is 0 Å². The van der Waals surface area contributed by atoms with Gasteiger partial charge in [0.15, 0.2) is 6.10 Å². The average Bonchev–Trinajstić information content (AvgIpc) is 3.30. The van der Waals surface area contributed by atoms with E-state index in [1.807, 2.05) is 0 Å². The van der Waals surface area contributed by atoms with Crippen LogP contribution < -0.4 is 0 Å². The van der Waals surface area contributed by atoms with Crippen LogP contribution in [0.25, 0.3) is 0 Å². The molecule has 0 aromatic rings. The van der Waals surface area contributed by atoms with Crippen LogP contribution >= 0.6 is 0 Å². The maximum absolute atomic E-state index is 12.8. The summed E-state index contributed by atoms with van der Waals surface area (Å²) < 4.78 is 17.4. The zero-order chi connectivity index (χ0) is 46.3. The van der Waals surface area contributed by atoms with Crippen molar-refractivity contribution in [3.8, 4) is 0 Å². The van der Waals surface area contributed by atoms with Crippen molar-refractivity contribution in [2.24, 2.45) is 0 Å². The molecule has 0 radical (unpaired) electrons. The van der Waals surface area contributed by atoms with Crippen LogP contribution in [-0.4, -0.2) is 37.9 Å². The maximum atomic E-state index is 12.8. The average molecular weight is 889 g/mol. The molecular weight excluding hydrogens is 789 g/mol. The number of hydrogen-bond acceptors (Lipinski definition) is 5. The van der Waals surface area contributed by atoms with Crippen LogP contribution in [0.2, 0.25) is 0 Å². The zero-order valence-corrected chi connectivity index (χ0v) is 42.0. The number of carbonyl (C=O) groups excluding carboxylic acids is 2. The Morgan fingerprint density at radius 2 is 0.719 bits per heavy atom. The molecule has 0 bridgehead atoms. The third-order valence-electron chi connectivity index (χ3n) is 11.1. The summed E-state index contributed by atoms with van der Waals surface area (Å²) >= 11 is 0. The summed E-state index contributed by atoms with van der Waals surface area (Å²) in [6.07, 6.45) is 72.8. The fourth-order valence-electron chi connectivity index (χ4n) is 7.21. The molecular formula is C59H100O5. The van der Waals surface area contributed by atoms with Crippen LogP contribution in [-0.2, 0) is 23.8 Å². The highest BCUT2D eigenvalue weighted by Gasteiger charge is 2.17. The molecule has 1 unspecified atom stereocenters. The SMILES string of the molecule is CC/C=C\C/C=C\C/C=C\C/C=C\C/C=C\CCCC(=O)OCC(COCCCCCCCCCCCCCCCCCC)OC(=O)CCCCCCC/C=C\C/C=C\C/C=C\CC. The van der Waals surface area contributed by atoms with E-state index in [9.17, 15) is 9.59 Å². The van der Waals surface area contributed by atoms with E-state index in [1.165, 1.54) is 103 Å². The highest BCUT2D eigenvalue weighted by atomic mass is 16.6. The van der Waals surface area contributed by atoms with Gasteiger partial charge in [0.2, 0.25) is 0 Å². The minimum Gasteiger partial charge on any atom is -0.462 e. The summed E-state index contributed by atoms with van der Waals surface area (Å²) in [5.74, 6) is -0.482. The normalized spacial score (nSPS) is 13.0.